The summed E-state index contributed by atoms with van der Waals surface area (Å²) in [6.45, 7) is 14.1. The lowest BCUT2D eigenvalue weighted by molar-refractivity contribution is 0.299. The average molecular weight is 236 g/mol. The summed E-state index contributed by atoms with van der Waals surface area (Å²) in [6, 6.07) is 8.78. The van der Waals surface area contributed by atoms with E-state index >= 15 is 0 Å². The lowest BCUT2D eigenvalue weighted by Gasteiger charge is -2.20. The highest BCUT2D eigenvalue weighted by atomic mass is 28.4. The molecule has 0 unspecified atom stereocenters. The molecule has 0 bridgehead atoms. The van der Waals surface area contributed by atoms with Gasteiger partial charge in [0.05, 0.1) is 6.61 Å². The molecule has 16 heavy (non-hydrogen) atoms. The van der Waals surface area contributed by atoms with Crippen LogP contribution in [0.25, 0.3) is 0 Å². The zero-order chi connectivity index (χ0) is 12.4. The molecule has 0 fully saturated rings. The first-order chi connectivity index (χ1) is 7.18. The van der Waals surface area contributed by atoms with Gasteiger partial charge in [-0.3, -0.25) is 0 Å². The Balaban J connectivity index is 2.66. The maximum absolute atomic E-state index is 5.88. The molecule has 0 atom stereocenters. The molecule has 0 N–H and O–H groups in total. The van der Waals surface area contributed by atoms with Crippen molar-refractivity contribution in [1.29, 1.82) is 0 Å². The van der Waals surface area contributed by atoms with Crippen molar-refractivity contribution in [3.05, 3.63) is 35.4 Å². The van der Waals surface area contributed by atoms with Crippen LogP contribution < -0.4 is 0 Å². The summed E-state index contributed by atoms with van der Waals surface area (Å²) in [4.78, 5) is 0. The van der Waals surface area contributed by atoms with Crippen molar-refractivity contribution >= 4 is 8.32 Å². The van der Waals surface area contributed by atoms with Crippen LogP contribution in [-0.2, 0) is 16.4 Å². The molecule has 0 saturated carbocycles. The lowest BCUT2D eigenvalue weighted by atomic mass is 9.87. The first-order valence-electron chi connectivity index (χ1n) is 5.92. The van der Waals surface area contributed by atoms with E-state index in [4.69, 9.17) is 4.43 Å². The highest BCUT2D eigenvalue weighted by Gasteiger charge is 2.15. The molecule has 0 radical (unpaired) electrons. The molecule has 2 heteroatoms. The molecule has 0 aliphatic heterocycles. The summed E-state index contributed by atoms with van der Waals surface area (Å²) >= 11 is 0. The second-order valence-corrected chi connectivity index (χ2v) is 10.9. The Bertz CT molecular complexity index is 327. The standard InChI is InChI=1S/C14H24OSi/c1-14(2,3)13-9-7-12(8-10-13)11-15-16(4,5)6/h7-10H,11H2,1-6H3. The third kappa shape index (κ3) is 4.50. The van der Waals surface area contributed by atoms with Gasteiger partial charge in [-0.15, -0.1) is 0 Å². The summed E-state index contributed by atoms with van der Waals surface area (Å²) in [5, 5.41) is 0. The van der Waals surface area contributed by atoms with Gasteiger partial charge in [-0.25, -0.2) is 0 Å². The van der Waals surface area contributed by atoms with Crippen LogP contribution in [0.1, 0.15) is 31.9 Å². The van der Waals surface area contributed by atoms with Gasteiger partial charge in [-0.05, 0) is 36.2 Å². The highest BCUT2D eigenvalue weighted by Crippen LogP contribution is 2.22. The van der Waals surface area contributed by atoms with Crippen molar-refractivity contribution in [1.82, 2.24) is 0 Å². The average Bonchev–Trinajstić information content (AvgIpc) is 2.13. The van der Waals surface area contributed by atoms with Crippen LogP contribution in [-0.4, -0.2) is 8.32 Å². The molecule has 1 aromatic carbocycles. The zero-order valence-electron chi connectivity index (χ0n) is 11.4. The molecule has 90 valence electrons. The normalized spacial score (nSPS) is 12.9. The summed E-state index contributed by atoms with van der Waals surface area (Å²) in [7, 11) is -1.39. The fraction of sp³-hybridized carbons (Fsp3) is 0.571. The van der Waals surface area contributed by atoms with Gasteiger partial charge in [0.2, 0.25) is 0 Å². The van der Waals surface area contributed by atoms with Gasteiger partial charge in [0.15, 0.2) is 8.32 Å². The molecule has 1 aromatic rings. The maximum Gasteiger partial charge on any atom is 0.184 e. The van der Waals surface area contributed by atoms with Crippen molar-refractivity contribution in [3.63, 3.8) is 0 Å². The Morgan fingerprint density at radius 1 is 1.00 bits per heavy atom. The largest absolute Gasteiger partial charge is 0.413 e. The van der Waals surface area contributed by atoms with Crippen LogP contribution in [0.3, 0.4) is 0 Å². The van der Waals surface area contributed by atoms with Crippen molar-refractivity contribution in [2.24, 2.45) is 0 Å². The number of hydrogen-bond acceptors (Lipinski definition) is 1. The third-order valence-electron chi connectivity index (χ3n) is 2.49. The Morgan fingerprint density at radius 3 is 1.88 bits per heavy atom. The number of benzene rings is 1. The van der Waals surface area contributed by atoms with Crippen molar-refractivity contribution in [3.8, 4) is 0 Å². The van der Waals surface area contributed by atoms with E-state index in [9.17, 15) is 0 Å². The maximum atomic E-state index is 5.88. The zero-order valence-corrected chi connectivity index (χ0v) is 12.4. The Labute approximate surface area is 101 Å². The molecule has 0 aromatic heterocycles. The summed E-state index contributed by atoms with van der Waals surface area (Å²) < 4.78 is 5.88. The van der Waals surface area contributed by atoms with E-state index in [0.717, 1.165) is 6.61 Å². The Kier molecular flexibility index (Phi) is 3.97. The second kappa shape index (κ2) is 4.72. The van der Waals surface area contributed by atoms with E-state index in [-0.39, 0.29) is 5.41 Å². The van der Waals surface area contributed by atoms with Gasteiger partial charge in [0.1, 0.15) is 0 Å². The van der Waals surface area contributed by atoms with Gasteiger partial charge in [0, 0.05) is 0 Å². The number of rotatable bonds is 3. The molecule has 1 nitrogen and oxygen atoms in total. The highest BCUT2D eigenvalue weighted by molar-refractivity contribution is 6.69. The molecule has 0 spiro atoms. The first kappa shape index (κ1) is 13.5. The van der Waals surface area contributed by atoms with Crippen LogP contribution in [0, 0.1) is 0 Å². The van der Waals surface area contributed by atoms with E-state index in [0.29, 0.717) is 0 Å². The Hall–Kier alpha value is -0.603. The monoisotopic (exact) mass is 236 g/mol. The van der Waals surface area contributed by atoms with E-state index < -0.39 is 8.32 Å². The van der Waals surface area contributed by atoms with Crippen LogP contribution in [0.15, 0.2) is 24.3 Å². The second-order valence-electron chi connectivity index (χ2n) is 6.35. The van der Waals surface area contributed by atoms with Gasteiger partial charge in [-0.1, -0.05) is 45.0 Å². The minimum Gasteiger partial charge on any atom is -0.413 e. The SMILES string of the molecule is CC(C)(C)c1ccc(CO[Si](C)(C)C)cc1. The van der Waals surface area contributed by atoms with Crippen LogP contribution in [0.2, 0.25) is 19.6 Å². The summed E-state index contributed by atoms with van der Waals surface area (Å²) in [6.07, 6.45) is 0. The Morgan fingerprint density at radius 2 is 1.50 bits per heavy atom. The fourth-order valence-electron chi connectivity index (χ4n) is 1.40. The quantitative estimate of drug-likeness (QED) is 0.710. The van der Waals surface area contributed by atoms with Gasteiger partial charge >= 0.3 is 0 Å². The molecule has 0 amide bonds. The van der Waals surface area contributed by atoms with E-state index in [1.54, 1.807) is 0 Å². The third-order valence-corrected chi connectivity index (χ3v) is 3.50. The fourth-order valence-corrected chi connectivity index (χ4v) is 2.00. The van der Waals surface area contributed by atoms with E-state index in [1.807, 2.05) is 0 Å². The van der Waals surface area contributed by atoms with Crippen molar-refractivity contribution in [2.75, 3.05) is 0 Å². The van der Waals surface area contributed by atoms with Gasteiger partial charge in [-0.2, -0.15) is 0 Å². The van der Waals surface area contributed by atoms with Crippen LogP contribution in [0.4, 0.5) is 0 Å². The lowest BCUT2D eigenvalue weighted by Crippen LogP contribution is -2.24. The molecule has 0 saturated heterocycles. The topological polar surface area (TPSA) is 9.23 Å². The van der Waals surface area contributed by atoms with Crippen molar-refractivity contribution in [2.45, 2.75) is 52.4 Å². The van der Waals surface area contributed by atoms with E-state index in [2.05, 4.69) is 64.7 Å². The molecule has 0 heterocycles. The van der Waals surface area contributed by atoms with Gasteiger partial charge in [0.25, 0.3) is 0 Å². The minimum atomic E-state index is -1.39. The molecular formula is C14H24OSi. The molecule has 0 aliphatic carbocycles. The predicted octanol–water partition coefficient (Wildman–Crippen LogP) is 4.34. The van der Waals surface area contributed by atoms with Crippen molar-refractivity contribution < 1.29 is 4.43 Å². The van der Waals surface area contributed by atoms with Crippen LogP contribution in [0.5, 0.6) is 0 Å². The predicted molar refractivity (Wildman–Crippen MR) is 73.3 cm³/mol. The van der Waals surface area contributed by atoms with Crippen LogP contribution >= 0.6 is 0 Å². The molecular weight excluding hydrogens is 212 g/mol. The summed E-state index contributed by atoms with van der Waals surface area (Å²) in [5.74, 6) is 0. The van der Waals surface area contributed by atoms with Gasteiger partial charge < -0.3 is 4.43 Å². The van der Waals surface area contributed by atoms with E-state index in [1.165, 1.54) is 11.1 Å². The number of hydrogen-bond donors (Lipinski definition) is 0. The minimum absolute atomic E-state index is 0.234. The summed E-state index contributed by atoms with van der Waals surface area (Å²) in [5.41, 5.74) is 2.89. The molecule has 0 aliphatic rings. The first-order valence-corrected chi connectivity index (χ1v) is 9.33. The molecule has 1 rings (SSSR count). The smallest absolute Gasteiger partial charge is 0.184 e.